The molecular formula is C26H35N5O2. The molecule has 7 heteroatoms. The normalized spacial score (nSPS) is 18.8. The zero-order valence-corrected chi connectivity index (χ0v) is 19.4. The summed E-state index contributed by atoms with van der Waals surface area (Å²) >= 11 is 0. The largest absolute Gasteiger partial charge is 0.353 e. The quantitative estimate of drug-likeness (QED) is 0.705. The second-order valence-corrected chi connectivity index (χ2v) is 9.02. The maximum absolute atomic E-state index is 12.8. The molecule has 4 rings (SSSR count). The molecule has 3 amide bonds. The zero-order chi connectivity index (χ0) is 22.9. The molecule has 2 aliphatic heterocycles. The van der Waals surface area contributed by atoms with Crippen molar-refractivity contribution in [3.8, 4) is 0 Å². The van der Waals surface area contributed by atoms with Crippen molar-refractivity contribution in [2.24, 2.45) is 5.92 Å². The van der Waals surface area contributed by atoms with Crippen LogP contribution in [0.4, 0.5) is 10.6 Å². The van der Waals surface area contributed by atoms with Gasteiger partial charge in [-0.25, -0.2) is 9.78 Å². The molecule has 2 aliphatic rings. The summed E-state index contributed by atoms with van der Waals surface area (Å²) in [5, 5.41) is 3.06. The molecule has 176 valence electrons. The first-order valence-electron chi connectivity index (χ1n) is 12.2. The van der Waals surface area contributed by atoms with E-state index in [2.05, 4.69) is 27.3 Å². The molecule has 1 N–H and O–H groups in total. The zero-order valence-electron chi connectivity index (χ0n) is 19.4. The van der Waals surface area contributed by atoms with E-state index in [-0.39, 0.29) is 11.9 Å². The van der Waals surface area contributed by atoms with Gasteiger partial charge >= 0.3 is 6.03 Å². The number of nitrogens with one attached hydrogen (secondary N) is 1. The molecule has 0 radical (unpaired) electrons. The summed E-state index contributed by atoms with van der Waals surface area (Å²) in [7, 11) is 0. The van der Waals surface area contributed by atoms with E-state index < -0.39 is 0 Å². The van der Waals surface area contributed by atoms with E-state index in [0.717, 1.165) is 70.8 Å². The predicted octanol–water partition coefficient (Wildman–Crippen LogP) is 3.17. The third kappa shape index (κ3) is 6.70. The van der Waals surface area contributed by atoms with Gasteiger partial charge in [0.2, 0.25) is 5.91 Å². The maximum atomic E-state index is 12.8. The number of hydrogen-bond acceptors (Lipinski definition) is 4. The Bertz CT molecular complexity index is 884. The smallest absolute Gasteiger partial charge is 0.317 e. The minimum absolute atomic E-state index is 0.0209. The van der Waals surface area contributed by atoms with Crippen molar-refractivity contribution in [3.63, 3.8) is 0 Å². The van der Waals surface area contributed by atoms with Crippen LogP contribution in [0.3, 0.4) is 0 Å². The monoisotopic (exact) mass is 449 g/mol. The van der Waals surface area contributed by atoms with E-state index in [4.69, 9.17) is 0 Å². The number of likely N-dealkylation sites (tertiary alicyclic amines) is 1. The second kappa shape index (κ2) is 11.7. The van der Waals surface area contributed by atoms with Gasteiger partial charge in [0.1, 0.15) is 5.82 Å². The number of piperazine rings is 1. The lowest BCUT2D eigenvalue weighted by Crippen LogP contribution is -2.49. The number of hydrogen-bond donors (Lipinski definition) is 1. The minimum Gasteiger partial charge on any atom is -0.353 e. The number of anilines is 1. The van der Waals surface area contributed by atoms with Gasteiger partial charge in [-0.05, 0) is 49.3 Å². The van der Waals surface area contributed by atoms with Crippen LogP contribution in [0.25, 0.3) is 0 Å². The molecule has 1 aromatic heterocycles. The van der Waals surface area contributed by atoms with Crippen LogP contribution < -0.4 is 10.2 Å². The maximum Gasteiger partial charge on any atom is 0.317 e. The summed E-state index contributed by atoms with van der Waals surface area (Å²) in [6.45, 7) is 5.33. The first-order chi connectivity index (χ1) is 16.2. The van der Waals surface area contributed by atoms with Crippen LogP contribution in [0.5, 0.6) is 0 Å². The van der Waals surface area contributed by atoms with Gasteiger partial charge in [-0.3, -0.25) is 4.79 Å². The lowest BCUT2D eigenvalue weighted by atomic mass is 9.93. The minimum atomic E-state index is 0.0209. The molecule has 0 unspecified atom stereocenters. The summed E-state index contributed by atoms with van der Waals surface area (Å²) in [6, 6.07) is 16.2. The van der Waals surface area contributed by atoms with Crippen molar-refractivity contribution < 1.29 is 9.59 Å². The first kappa shape index (κ1) is 23.1. The van der Waals surface area contributed by atoms with Gasteiger partial charge in [-0.1, -0.05) is 36.4 Å². The Labute approximate surface area is 196 Å². The highest BCUT2D eigenvalue weighted by Crippen LogP contribution is 2.22. The first-order valence-corrected chi connectivity index (χ1v) is 12.2. The van der Waals surface area contributed by atoms with E-state index in [1.165, 1.54) is 5.56 Å². The van der Waals surface area contributed by atoms with Crippen molar-refractivity contribution in [2.75, 3.05) is 50.7 Å². The summed E-state index contributed by atoms with van der Waals surface area (Å²) in [5.74, 6) is 1.62. The van der Waals surface area contributed by atoms with Crippen LogP contribution in [-0.2, 0) is 11.2 Å². The third-order valence-corrected chi connectivity index (χ3v) is 6.71. The average molecular weight is 450 g/mol. The van der Waals surface area contributed by atoms with E-state index in [9.17, 15) is 9.59 Å². The molecule has 2 aromatic rings. The third-order valence-electron chi connectivity index (χ3n) is 6.71. The van der Waals surface area contributed by atoms with Gasteiger partial charge in [0.15, 0.2) is 0 Å². The fraction of sp³-hybridized carbons (Fsp3) is 0.500. The molecule has 2 saturated heterocycles. The van der Waals surface area contributed by atoms with Crippen molar-refractivity contribution >= 4 is 17.8 Å². The number of benzene rings is 1. The van der Waals surface area contributed by atoms with Crippen molar-refractivity contribution in [1.29, 1.82) is 0 Å². The Morgan fingerprint density at radius 2 is 1.73 bits per heavy atom. The highest BCUT2D eigenvalue weighted by atomic mass is 16.2. The van der Waals surface area contributed by atoms with Crippen LogP contribution in [0.15, 0.2) is 54.7 Å². The number of piperidine rings is 1. The van der Waals surface area contributed by atoms with Crippen LogP contribution >= 0.6 is 0 Å². The van der Waals surface area contributed by atoms with Crippen molar-refractivity contribution in [3.05, 3.63) is 60.3 Å². The highest BCUT2D eigenvalue weighted by molar-refractivity contribution is 5.76. The fourth-order valence-electron chi connectivity index (χ4n) is 4.77. The van der Waals surface area contributed by atoms with E-state index in [1.807, 2.05) is 52.4 Å². The molecule has 2 fully saturated rings. The average Bonchev–Trinajstić information content (AvgIpc) is 2.88. The Hall–Kier alpha value is -3.09. The molecule has 0 spiro atoms. The standard InChI is InChI=1S/C26H35N5O2/c32-25(30-19-17-29(18-20-30)24-10-4-5-14-27-24)12-11-23-9-6-16-31(21-23)26(33)28-15-13-22-7-2-1-3-8-22/h1-5,7-8,10,14,23H,6,9,11-13,15-21H2,(H,28,33)/t23-/m1/s1. The Balaban J connectivity index is 1.15. The SMILES string of the molecule is O=C(CC[C@H]1CCCN(C(=O)NCCc2ccccc2)C1)N1CCN(c2ccccn2)CC1. The van der Waals surface area contributed by atoms with E-state index in [0.29, 0.717) is 18.9 Å². The molecule has 33 heavy (non-hydrogen) atoms. The summed E-state index contributed by atoms with van der Waals surface area (Å²) in [6.07, 6.45) is 6.17. The molecule has 1 aromatic carbocycles. The van der Waals surface area contributed by atoms with Gasteiger partial charge < -0.3 is 20.0 Å². The lowest BCUT2D eigenvalue weighted by Gasteiger charge is -2.36. The number of nitrogens with zero attached hydrogens (tertiary/aromatic N) is 4. The lowest BCUT2D eigenvalue weighted by molar-refractivity contribution is -0.131. The Morgan fingerprint density at radius 1 is 0.939 bits per heavy atom. The van der Waals surface area contributed by atoms with Crippen LogP contribution in [0.2, 0.25) is 0 Å². The number of rotatable bonds is 7. The van der Waals surface area contributed by atoms with Gasteiger partial charge in [0.05, 0.1) is 0 Å². The summed E-state index contributed by atoms with van der Waals surface area (Å²) in [4.78, 5) is 35.9. The highest BCUT2D eigenvalue weighted by Gasteiger charge is 2.26. The topological polar surface area (TPSA) is 68.8 Å². The molecule has 7 nitrogen and oxygen atoms in total. The number of amides is 3. The molecule has 0 bridgehead atoms. The second-order valence-electron chi connectivity index (χ2n) is 9.02. The van der Waals surface area contributed by atoms with Crippen LogP contribution in [-0.4, -0.2) is 72.5 Å². The van der Waals surface area contributed by atoms with Gasteiger partial charge in [-0.15, -0.1) is 0 Å². The van der Waals surface area contributed by atoms with E-state index >= 15 is 0 Å². The molecule has 3 heterocycles. The van der Waals surface area contributed by atoms with Crippen molar-refractivity contribution in [2.45, 2.75) is 32.1 Å². The Morgan fingerprint density at radius 3 is 2.48 bits per heavy atom. The van der Waals surface area contributed by atoms with Crippen LogP contribution in [0, 0.1) is 5.92 Å². The van der Waals surface area contributed by atoms with Crippen molar-refractivity contribution in [1.82, 2.24) is 20.1 Å². The van der Waals surface area contributed by atoms with Gasteiger partial charge in [0.25, 0.3) is 0 Å². The number of carbonyl (C=O) groups excluding carboxylic acids is 2. The van der Waals surface area contributed by atoms with E-state index in [1.54, 1.807) is 0 Å². The molecule has 0 saturated carbocycles. The number of pyridine rings is 1. The van der Waals surface area contributed by atoms with Crippen LogP contribution in [0.1, 0.15) is 31.2 Å². The number of urea groups is 1. The summed E-state index contributed by atoms with van der Waals surface area (Å²) < 4.78 is 0. The summed E-state index contributed by atoms with van der Waals surface area (Å²) in [5.41, 5.74) is 1.23. The Kier molecular flexibility index (Phi) is 8.17. The number of carbonyl (C=O) groups is 2. The molecule has 1 atom stereocenters. The van der Waals surface area contributed by atoms with Gasteiger partial charge in [-0.2, -0.15) is 0 Å². The van der Waals surface area contributed by atoms with Gasteiger partial charge in [0, 0.05) is 58.4 Å². The fourth-order valence-corrected chi connectivity index (χ4v) is 4.77. The predicted molar refractivity (Wildman–Crippen MR) is 130 cm³/mol. The molecular weight excluding hydrogens is 414 g/mol. The number of aromatic nitrogens is 1. The molecule has 0 aliphatic carbocycles.